The van der Waals surface area contributed by atoms with E-state index in [2.05, 4.69) is 144 Å². The molecule has 4 aliphatic heterocycles. The van der Waals surface area contributed by atoms with E-state index < -0.39 is 0 Å². The van der Waals surface area contributed by atoms with Crippen molar-refractivity contribution in [3.63, 3.8) is 0 Å². The first kappa shape index (κ1) is 43.7. The molecule has 4 saturated heterocycles. The van der Waals surface area contributed by atoms with Crippen molar-refractivity contribution in [2.75, 3.05) is 39.4 Å². The fourth-order valence-corrected chi connectivity index (χ4v) is 7.56. The number of morpholine rings is 4. The van der Waals surface area contributed by atoms with Gasteiger partial charge in [0.25, 0.3) is 0 Å². The lowest BCUT2D eigenvalue weighted by Gasteiger charge is -2.44. The van der Waals surface area contributed by atoms with Gasteiger partial charge in [-0.1, -0.05) is 0 Å². The Morgan fingerprint density at radius 3 is 0.870 bits per heavy atom. The first-order valence-corrected chi connectivity index (χ1v) is 18.8. The van der Waals surface area contributed by atoms with Crippen molar-refractivity contribution in [2.45, 2.75) is 210 Å². The van der Waals surface area contributed by atoms with E-state index in [1.165, 1.54) is 0 Å². The Hall–Kier alpha value is -0.320. The molecule has 276 valence electrons. The van der Waals surface area contributed by atoms with Crippen LogP contribution in [0.5, 0.6) is 0 Å². The van der Waals surface area contributed by atoms with Gasteiger partial charge in [0.05, 0.1) is 49.8 Å². The summed E-state index contributed by atoms with van der Waals surface area (Å²) in [4.78, 5) is 10.0. The lowest BCUT2D eigenvalue weighted by molar-refractivity contribution is -0.0966. The molecule has 0 aromatic carbocycles. The van der Waals surface area contributed by atoms with Gasteiger partial charge < -0.3 is 18.9 Å². The molecule has 0 amide bonds. The Kier molecular flexibility index (Phi) is 20.0. The fraction of sp³-hybridized carbons (Fsp3) is 1.00. The van der Waals surface area contributed by atoms with Crippen LogP contribution in [-0.2, 0) is 18.9 Å². The Bertz CT molecular complexity index is 715. The zero-order valence-electron chi connectivity index (χ0n) is 33.7. The molecule has 8 heteroatoms. The number of rotatable bonds is 4. The van der Waals surface area contributed by atoms with Crippen LogP contribution in [0.15, 0.2) is 0 Å². The maximum Gasteiger partial charge on any atom is 0.0700 e. The molecule has 0 bridgehead atoms. The van der Waals surface area contributed by atoms with Crippen LogP contribution in [-0.4, -0.2) is 144 Å². The molecule has 0 aliphatic carbocycles. The SMILES string of the molecule is CC(C)N1C[C@@H](C)O[C@@H](C)C1.CC(C)N1C[C@H](C)O[C@@H](C)C1.CC(C)N1[C@H](C)CO[C@@H](C)[C@@H]1C.CC(C)N1[C@H](C)[C@H](C)OC[C@@H]1C. The standard InChI is InChI=1S/2C10H21NO.2C9H19NO/c2*1-7(2)11-8(3)6-12-10(5)9(11)4;2*1-7(2)10-5-8(3)11-9(4)6-10/h2*7-10H,6H2,1-5H3;2*7-9H,5-6H2,1-4H3/t8-,9+,10+;8-,9+,10-;8-,9+;8-,9-/m10.0/s1. The number of hydrogen-bond acceptors (Lipinski definition) is 8. The van der Waals surface area contributed by atoms with Crippen LogP contribution in [0.2, 0.25) is 0 Å². The summed E-state index contributed by atoms with van der Waals surface area (Å²) in [7, 11) is 0. The van der Waals surface area contributed by atoms with Gasteiger partial charge in [0, 0.05) is 74.5 Å². The molecule has 0 radical (unpaired) electrons. The predicted molar refractivity (Wildman–Crippen MR) is 196 cm³/mol. The van der Waals surface area contributed by atoms with Gasteiger partial charge in [-0.2, -0.15) is 0 Å². The van der Waals surface area contributed by atoms with Crippen LogP contribution in [0.3, 0.4) is 0 Å². The van der Waals surface area contributed by atoms with E-state index >= 15 is 0 Å². The summed E-state index contributed by atoms with van der Waals surface area (Å²) in [5, 5.41) is 0. The maximum absolute atomic E-state index is 5.64. The van der Waals surface area contributed by atoms with E-state index in [-0.39, 0.29) is 0 Å². The zero-order chi connectivity index (χ0) is 35.5. The first-order valence-electron chi connectivity index (χ1n) is 18.8. The lowest BCUT2D eigenvalue weighted by Crippen LogP contribution is -2.56. The van der Waals surface area contributed by atoms with Crippen LogP contribution in [0, 0.1) is 0 Å². The van der Waals surface area contributed by atoms with Crippen molar-refractivity contribution in [3.05, 3.63) is 0 Å². The van der Waals surface area contributed by atoms with Gasteiger partial charge in [0.1, 0.15) is 0 Å². The second kappa shape index (κ2) is 21.0. The van der Waals surface area contributed by atoms with Crippen molar-refractivity contribution in [3.8, 4) is 0 Å². The Balaban J connectivity index is 0.000000307. The third kappa shape index (κ3) is 14.7. The summed E-state index contributed by atoms with van der Waals surface area (Å²) in [5.74, 6) is 0. The molecule has 0 aromatic heterocycles. The van der Waals surface area contributed by atoms with Crippen molar-refractivity contribution < 1.29 is 18.9 Å². The maximum atomic E-state index is 5.64. The van der Waals surface area contributed by atoms with Gasteiger partial charge in [0.15, 0.2) is 0 Å². The number of nitrogens with zero attached hydrogens (tertiary/aromatic N) is 4. The highest BCUT2D eigenvalue weighted by Crippen LogP contribution is 2.22. The smallest absolute Gasteiger partial charge is 0.0700 e. The average Bonchev–Trinajstić information content (AvgIpc) is 2.93. The lowest BCUT2D eigenvalue weighted by atomic mass is 10.0. The fourth-order valence-electron chi connectivity index (χ4n) is 7.56. The minimum Gasteiger partial charge on any atom is -0.375 e. The molecule has 0 spiro atoms. The van der Waals surface area contributed by atoms with Gasteiger partial charge in [0.2, 0.25) is 0 Å². The second-order valence-electron chi connectivity index (χ2n) is 15.9. The summed E-state index contributed by atoms with van der Waals surface area (Å²) in [6.45, 7) is 46.0. The van der Waals surface area contributed by atoms with E-state index in [4.69, 9.17) is 18.9 Å². The van der Waals surface area contributed by atoms with Crippen molar-refractivity contribution in [2.24, 2.45) is 0 Å². The third-order valence-electron chi connectivity index (χ3n) is 10.1. The molecule has 0 aromatic rings. The Morgan fingerprint density at radius 2 is 0.674 bits per heavy atom. The summed E-state index contributed by atoms with van der Waals surface area (Å²) in [6, 6.07) is 4.80. The van der Waals surface area contributed by atoms with Crippen LogP contribution < -0.4 is 0 Å². The molecule has 4 aliphatic rings. The molecular weight excluding hydrogens is 576 g/mol. The highest BCUT2D eigenvalue weighted by Gasteiger charge is 2.33. The molecular formula is C38H80N4O4. The van der Waals surface area contributed by atoms with Crippen LogP contribution in [0.4, 0.5) is 0 Å². The van der Waals surface area contributed by atoms with Gasteiger partial charge in [-0.25, -0.2) is 0 Å². The molecule has 10 atom stereocenters. The van der Waals surface area contributed by atoms with E-state index in [1.807, 2.05) is 0 Å². The summed E-state index contributed by atoms with van der Waals surface area (Å²) in [5.41, 5.74) is 0. The third-order valence-corrected chi connectivity index (χ3v) is 10.1. The topological polar surface area (TPSA) is 49.9 Å². The highest BCUT2D eigenvalue weighted by atomic mass is 16.5. The van der Waals surface area contributed by atoms with E-state index in [1.54, 1.807) is 0 Å². The Morgan fingerprint density at radius 1 is 0.413 bits per heavy atom. The minimum absolute atomic E-state index is 0.378. The van der Waals surface area contributed by atoms with E-state index in [9.17, 15) is 0 Å². The average molecular weight is 657 g/mol. The molecule has 0 N–H and O–H groups in total. The van der Waals surface area contributed by atoms with Gasteiger partial charge in [-0.05, 0) is 125 Å². The Labute approximate surface area is 287 Å². The van der Waals surface area contributed by atoms with Gasteiger partial charge in [-0.3, -0.25) is 19.6 Å². The van der Waals surface area contributed by atoms with Gasteiger partial charge in [-0.15, -0.1) is 0 Å². The number of hydrogen-bond donors (Lipinski definition) is 0. The highest BCUT2D eigenvalue weighted by molar-refractivity contribution is 4.86. The van der Waals surface area contributed by atoms with E-state index in [0.29, 0.717) is 85.0 Å². The molecule has 4 rings (SSSR count). The molecule has 4 fully saturated rings. The van der Waals surface area contributed by atoms with Crippen molar-refractivity contribution in [1.29, 1.82) is 0 Å². The first-order chi connectivity index (χ1) is 21.3. The van der Waals surface area contributed by atoms with Crippen LogP contribution in [0.25, 0.3) is 0 Å². The second-order valence-corrected chi connectivity index (χ2v) is 15.9. The van der Waals surface area contributed by atoms with Crippen molar-refractivity contribution >= 4 is 0 Å². The monoisotopic (exact) mass is 657 g/mol. The van der Waals surface area contributed by atoms with Crippen LogP contribution >= 0.6 is 0 Å². The summed E-state index contributed by atoms with van der Waals surface area (Å²) >= 11 is 0. The summed E-state index contributed by atoms with van der Waals surface area (Å²) in [6.07, 6.45) is 2.37. The molecule has 46 heavy (non-hydrogen) atoms. The predicted octanol–water partition coefficient (Wildman–Crippen LogP) is 6.79. The van der Waals surface area contributed by atoms with Crippen LogP contribution in [0.1, 0.15) is 125 Å². The molecule has 8 nitrogen and oxygen atoms in total. The molecule has 0 saturated carbocycles. The van der Waals surface area contributed by atoms with Gasteiger partial charge >= 0.3 is 0 Å². The molecule has 0 unspecified atom stereocenters. The van der Waals surface area contributed by atoms with Crippen molar-refractivity contribution in [1.82, 2.24) is 19.6 Å². The minimum atomic E-state index is 0.378. The summed E-state index contributed by atoms with van der Waals surface area (Å²) < 4.78 is 22.5. The van der Waals surface area contributed by atoms with E-state index in [0.717, 1.165) is 39.4 Å². The quantitative estimate of drug-likeness (QED) is 0.328. The largest absolute Gasteiger partial charge is 0.375 e. The zero-order valence-corrected chi connectivity index (χ0v) is 33.7. The number of ether oxygens (including phenoxy) is 4. The normalized spacial score (nSPS) is 36.9. The molecule has 4 heterocycles.